The molecule has 3 aromatic rings. The zero-order valence-electron chi connectivity index (χ0n) is 17.1. The molecule has 0 unspecified atom stereocenters. The number of aryl methyl sites for hydroxylation is 1. The molecule has 0 radical (unpaired) electrons. The number of hydrogen-bond donors (Lipinski definition) is 1. The first kappa shape index (κ1) is 19.4. The van der Waals surface area contributed by atoms with E-state index < -0.39 is 5.41 Å². The summed E-state index contributed by atoms with van der Waals surface area (Å²) in [6.45, 7) is 7.40. The Hall–Kier alpha value is -2.54. The third kappa shape index (κ3) is 3.16. The standard InChI is InChI=1S/C21H24N6O2S/c1-13-9-16(25-24-13)18-19-20(30-26-18)15(21(12-22)3-6-28-7-4-21)10-17(23-19)27-5-8-29-11-14(27)2/h9-10,14H,3-8,11H2,1-2H3,(H,24,25)/t14-/m1/s1. The van der Waals surface area contributed by atoms with Crippen molar-refractivity contribution in [3.05, 3.63) is 23.4 Å². The van der Waals surface area contributed by atoms with E-state index in [1.54, 1.807) is 0 Å². The minimum atomic E-state index is -0.588. The Labute approximate surface area is 179 Å². The summed E-state index contributed by atoms with van der Waals surface area (Å²) in [5, 5.41) is 17.6. The lowest BCUT2D eigenvalue weighted by atomic mass is 9.75. The summed E-state index contributed by atoms with van der Waals surface area (Å²) < 4.78 is 16.9. The fourth-order valence-electron chi connectivity index (χ4n) is 4.35. The van der Waals surface area contributed by atoms with Gasteiger partial charge < -0.3 is 14.4 Å². The number of aromatic nitrogens is 4. The van der Waals surface area contributed by atoms with Gasteiger partial charge in [-0.2, -0.15) is 14.7 Å². The molecule has 8 nitrogen and oxygen atoms in total. The summed E-state index contributed by atoms with van der Waals surface area (Å²) in [7, 11) is 0. The number of ether oxygens (including phenoxy) is 2. The van der Waals surface area contributed by atoms with Crippen LogP contribution in [-0.4, -0.2) is 58.6 Å². The molecular weight excluding hydrogens is 400 g/mol. The molecule has 2 aliphatic rings. The Balaban J connectivity index is 1.73. The van der Waals surface area contributed by atoms with E-state index in [0.717, 1.165) is 45.2 Å². The van der Waals surface area contributed by atoms with Gasteiger partial charge in [-0.3, -0.25) is 5.10 Å². The van der Waals surface area contributed by atoms with Crippen molar-refractivity contribution >= 4 is 27.6 Å². The molecule has 0 amide bonds. The van der Waals surface area contributed by atoms with Crippen molar-refractivity contribution in [1.82, 2.24) is 19.6 Å². The van der Waals surface area contributed by atoms with Crippen LogP contribution in [0.1, 0.15) is 31.0 Å². The van der Waals surface area contributed by atoms with Gasteiger partial charge in [-0.25, -0.2) is 4.98 Å². The van der Waals surface area contributed by atoms with Gasteiger partial charge in [-0.15, -0.1) is 0 Å². The molecule has 5 heterocycles. The van der Waals surface area contributed by atoms with Gasteiger partial charge >= 0.3 is 0 Å². The Morgan fingerprint density at radius 3 is 2.80 bits per heavy atom. The first-order valence-electron chi connectivity index (χ1n) is 10.3. The van der Waals surface area contributed by atoms with Gasteiger partial charge in [0.2, 0.25) is 0 Å². The first-order valence-corrected chi connectivity index (χ1v) is 11.1. The minimum absolute atomic E-state index is 0.215. The van der Waals surface area contributed by atoms with Crippen LogP contribution >= 0.6 is 11.5 Å². The smallest absolute Gasteiger partial charge is 0.131 e. The number of aromatic amines is 1. The fraction of sp³-hybridized carbons (Fsp3) is 0.524. The molecule has 1 N–H and O–H groups in total. The average molecular weight is 425 g/mol. The highest BCUT2D eigenvalue weighted by Gasteiger charge is 2.38. The molecule has 2 aliphatic heterocycles. The van der Waals surface area contributed by atoms with Crippen molar-refractivity contribution in [2.45, 2.75) is 38.1 Å². The Bertz CT molecular complexity index is 1110. The molecular formula is C21H24N6O2S. The summed E-state index contributed by atoms with van der Waals surface area (Å²) in [5.41, 5.74) is 3.77. The van der Waals surface area contributed by atoms with Crippen LogP contribution in [-0.2, 0) is 14.9 Å². The SMILES string of the molecule is Cc1cc(-c2nsc3c(C4(C#N)CCOCC4)cc(N4CCOC[C@H]4C)nc23)n[nH]1. The van der Waals surface area contributed by atoms with Gasteiger partial charge in [0.25, 0.3) is 0 Å². The number of morpholine rings is 1. The van der Waals surface area contributed by atoms with Crippen molar-refractivity contribution in [3.8, 4) is 17.5 Å². The largest absolute Gasteiger partial charge is 0.381 e. The molecule has 0 aliphatic carbocycles. The number of fused-ring (bicyclic) bond motifs is 1. The van der Waals surface area contributed by atoms with Gasteiger partial charge in [-0.05, 0) is 55.9 Å². The van der Waals surface area contributed by atoms with Crippen LogP contribution in [0.4, 0.5) is 5.82 Å². The van der Waals surface area contributed by atoms with Gasteiger partial charge in [0, 0.05) is 25.5 Å². The van der Waals surface area contributed by atoms with E-state index in [1.807, 2.05) is 13.0 Å². The Kier molecular flexibility index (Phi) is 4.93. The predicted molar refractivity (Wildman–Crippen MR) is 115 cm³/mol. The second kappa shape index (κ2) is 7.61. The molecule has 30 heavy (non-hydrogen) atoms. The van der Waals surface area contributed by atoms with Crippen LogP contribution in [0.15, 0.2) is 12.1 Å². The van der Waals surface area contributed by atoms with Gasteiger partial charge in [0.05, 0.1) is 35.4 Å². The maximum Gasteiger partial charge on any atom is 0.131 e. The van der Waals surface area contributed by atoms with Crippen molar-refractivity contribution in [3.63, 3.8) is 0 Å². The molecule has 0 aromatic carbocycles. The highest BCUT2D eigenvalue weighted by Crippen LogP contribution is 2.43. The van der Waals surface area contributed by atoms with E-state index in [2.05, 4.69) is 34.2 Å². The molecule has 0 spiro atoms. The number of pyridine rings is 1. The normalized spacial score (nSPS) is 21.6. The Morgan fingerprint density at radius 2 is 2.10 bits per heavy atom. The summed E-state index contributed by atoms with van der Waals surface area (Å²) in [4.78, 5) is 7.31. The number of anilines is 1. The molecule has 2 saturated heterocycles. The highest BCUT2D eigenvalue weighted by atomic mass is 32.1. The third-order valence-electron chi connectivity index (χ3n) is 6.10. The molecule has 2 fully saturated rings. The molecule has 156 valence electrons. The number of nitriles is 1. The predicted octanol–water partition coefficient (Wildman–Crippen LogP) is 3.19. The van der Waals surface area contributed by atoms with Gasteiger partial charge in [-0.1, -0.05) is 0 Å². The lowest BCUT2D eigenvalue weighted by molar-refractivity contribution is 0.0679. The molecule has 9 heteroatoms. The average Bonchev–Trinajstić information content (AvgIpc) is 3.39. The van der Waals surface area contributed by atoms with E-state index in [9.17, 15) is 5.26 Å². The first-order chi connectivity index (χ1) is 14.6. The quantitative estimate of drug-likeness (QED) is 0.689. The van der Waals surface area contributed by atoms with Crippen molar-refractivity contribution in [2.75, 3.05) is 37.9 Å². The number of rotatable bonds is 3. The summed E-state index contributed by atoms with van der Waals surface area (Å²) >= 11 is 1.41. The molecule has 0 bridgehead atoms. The van der Waals surface area contributed by atoms with Crippen LogP contribution < -0.4 is 4.90 Å². The van der Waals surface area contributed by atoms with E-state index in [1.165, 1.54) is 11.5 Å². The number of hydrogen-bond acceptors (Lipinski definition) is 8. The highest BCUT2D eigenvalue weighted by molar-refractivity contribution is 7.13. The van der Waals surface area contributed by atoms with Crippen molar-refractivity contribution < 1.29 is 9.47 Å². The van der Waals surface area contributed by atoms with E-state index in [0.29, 0.717) is 39.3 Å². The summed E-state index contributed by atoms with van der Waals surface area (Å²) in [6.07, 6.45) is 1.35. The zero-order valence-corrected chi connectivity index (χ0v) is 18.0. The van der Waals surface area contributed by atoms with Crippen LogP contribution in [0.25, 0.3) is 21.6 Å². The monoisotopic (exact) mass is 424 g/mol. The molecule has 1 atom stereocenters. The maximum atomic E-state index is 10.2. The van der Waals surface area contributed by atoms with Gasteiger partial charge in [0.1, 0.15) is 22.7 Å². The number of nitrogens with zero attached hydrogens (tertiary/aromatic N) is 5. The molecule has 0 saturated carbocycles. The van der Waals surface area contributed by atoms with E-state index in [4.69, 9.17) is 18.8 Å². The third-order valence-corrected chi connectivity index (χ3v) is 6.97. The minimum Gasteiger partial charge on any atom is -0.381 e. The zero-order chi connectivity index (χ0) is 20.7. The van der Waals surface area contributed by atoms with Crippen LogP contribution in [0.5, 0.6) is 0 Å². The molecule has 3 aromatic heterocycles. The topological polar surface area (TPSA) is 99.9 Å². The van der Waals surface area contributed by atoms with E-state index in [-0.39, 0.29) is 6.04 Å². The van der Waals surface area contributed by atoms with Crippen LogP contribution in [0.2, 0.25) is 0 Å². The second-order valence-corrected chi connectivity index (χ2v) is 8.87. The van der Waals surface area contributed by atoms with Crippen molar-refractivity contribution in [1.29, 1.82) is 5.26 Å². The summed E-state index contributed by atoms with van der Waals surface area (Å²) in [5.74, 6) is 0.878. The molecule has 5 rings (SSSR count). The summed E-state index contributed by atoms with van der Waals surface area (Å²) in [6, 6.07) is 6.93. The fourth-order valence-corrected chi connectivity index (χ4v) is 5.29. The maximum absolute atomic E-state index is 10.2. The lowest BCUT2D eigenvalue weighted by Gasteiger charge is -2.36. The lowest BCUT2D eigenvalue weighted by Crippen LogP contribution is -2.44. The van der Waals surface area contributed by atoms with E-state index >= 15 is 0 Å². The van der Waals surface area contributed by atoms with Crippen LogP contribution in [0, 0.1) is 18.3 Å². The van der Waals surface area contributed by atoms with Gasteiger partial charge in [0.15, 0.2) is 0 Å². The second-order valence-electron chi connectivity index (χ2n) is 8.10. The van der Waals surface area contributed by atoms with Crippen molar-refractivity contribution in [2.24, 2.45) is 0 Å². The number of nitrogens with one attached hydrogen (secondary N) is 1. The Morgan fingerprint density at radius 1 is 1.27 bits per heavy atom. The number of H-pyrrole nitrogens is 1. The van der Waals surface area contributed by atoms with Crippen LogP contribution in [0.3, 0.4) is 0 Å².